The third-order valence-electron chi connectivity index (χ3n) is 2.21. The van der Waals surface area contributed by atoms with Gasteiger partial charge in [-0.3, -0.25) is 9.89 Å². The monoisotopic (exact) mass is 211 g/mol. The third-order valence-corrected chi connectivity index (χ3v) is 2.21. The van der Waals surface area contributed by atoms with Gasteiger partial charge in [0.15, 0.2) is 0 Å². The fourth-order valence-corrected chi connectivity index (χ4v) is 1.39. The van der Waals surface area contributed by atoms with Crippen molar-refractivity contribution in [2.75, 3.05) is 38.7 Å². The van der Waals surface area contributed by atoms with E-state index in [1.165, 1.54) is 0 Å². The normalized spacial score (nSPS) is 16.5. The third kappa shape index (κ3) is 2.07. The van der Waals surface area contributed by atoms with Crippen molar-refractivity contribution in [3.63, 3.8) is 0 Å². The topological polar surface area (TPSA) is 83.1 Å². The molecule has 7 nitrogen and oxygen atoms in total. The number of hydrogen-bond acceptors (Lipinski definition) is 5. The summed E-state index contributed by atoms with van der Waals surface area (Å²) in [6.45, 7) is 2.38. The van der Waals surface area contributed by atoms with Crippen molar-refractivity contribution >= 4 is 11.9 Å². The lowest BCUT2D eigenvalue weighted by atomic mass is 10.4. The second kappa shape index (κ2) is 4.26. The Labute approximate surface area is 86.8 Å². The van der Waals surface area contributed by atoms with Gasteiger partial charge in [-0.05, 0) is 0 Å². The number of hydrogen-bond donors (Lipinski definition) is 2. The molecule has 15 heavy (non-hydrogen) atoms. The summed E-state index contributed by atoms with van der Waals surface area (Å²) in [6.07, 6.45) is 0. The predicted molar refractivity (Wildman–Crippen MR) is 52.7 cm³/mol. The first-order chi connectivity index (χ1) is 7.31. The molecule has 0 saturated carbocycles. The maximum atomic E-state index is 11.8. The smallest absolute Gasteiger partial charge is 0.291 e. The van der Waals surface area contributed by atoms with E-state index in [1.54, 1.807) is 11.9 Å². The van der Waals surface area contributed by atoms with Crippen molar-refractivity contribution in [3.05, 3.63) is 5.82 Å². The van der Waals surface area contributed by atoms with Gasteiger partial charge < -0.3 is 15.0 Å². The first-order valence-electron chi connectivity index (χ1n) is 4.78. The molecule has 0 unspecified atom stereocenters. The number of H-pyrrole nitrogens is 1. The van der Waals surface area contributed by atoms with Crippen LogP contribution in [0.3, 0.4) is 0 Å². The van der Waals surface area contributed by atoms with Crippen molar-refractivity contribution in [1.82, 2.24) is 20.1 Å². The average Bonchev–Trinajstić information content (AvgIpc) is 2.78. The lowest BCUT2D eigenvalue weighted by Gasteiger charge is -2.25. The average molecular weight is 211 g/mol. The molecule has 1 amide bonds. The van der Waals surface area contributed by atoms with Crippen LogP contribution in [-0.4, -0.2) is 59.3 Å². The highest BCUT2D eigenvalue weighted by Gasteiger charge is 2.21. The summed E-state index contributed by atoms with van der Waals surface area (Å²) in [5, 5.41) is 9.18. The van der Waals surface area contributed by atoms with Gasteiger partial charge >= 0.3 is 0 Å². The molecule has 2 rings (SSSR count). The van der Waals surface area contributed by atoms with Crippen LogP contribution in [0.1, 0.15) is 10.6 Å². The van der Waals surface area contributed by atoms with E-state index in [-0.39, 0.29) is 11.7 Å². The van der Waals surface area contributed by atoms with Crippen LogP contribution in [0.5, 0.6) is 0 Å². The molecule has 7 heteroatoms. The minimum absolute atomic E-state index is 0.132. The fraction of sp³-hybridized carbons (Fsp3) is 0.625. The number of carbonyl (C=O) groups excluding carboxylic acids is 1. The lowest BCUT2D eigenvalue weighted by Crippen LogP contribution is -2.41. The van der Waals surface area contributed by atoms with E-state index < -0.39 is 0 Å². The maximum Gasteiger partial charge on any atom is 0.291 e. The van der Waals surface area contributed by atoms with E-state index in [0.29, 0.717) is 32.3 Å². The van der Waals surface area contributed by atoms with E-state index in [0.717, 1.165) is 0 Å². The Balaban J connectivity index is 2.05. The molecule has 1 aromatic heterocycles. The van der Waals surface area contributed by atoms with Gasteiger partial charge in [0.1, 0.15) is 0 Å². The second-order valence-electron chi connectivity index (χ2n) is 3.16. The molecule has 0 spiro atoms. The molecule has 1 aromatic rings. The van der Waals surface area contributed by atoms with Crippen molar-refractivity contribution < 1.29 is 9.53 Å². The van der Waals surface area contributed by atoms with Crippen LogP contribution in [0.4, 0.5) is 5.95 Å². The minimum Gasteiger partial charge on any atom is -0.378 e. The number of aromatic amines is 1. The van der Waals surface area contributed by atoms with E-state index in [1.807, 2.05) is 0 Å². The summed E-state index contributed by atoms with van der Waals surface area (Å²) >= 11 is 0. The Kier molecular flexibility index (Phi) is 2.82. The quantitative estimate of drug-likeness (QED) is 0.677. The number of nitrogens with zero attached hydrogens (tertiary/aromatic N) is 3. The number of rotatable bonds is 2. The number of morpholine rings is 1. The highest BCUT2D eigenvalue weighted by Crippen LogP contribution is 2.04. The first kappa shape index (κ1) is 9.91. The molecule has 1 saturated heterocycles. The molecule has 0 atom stereocenters. The predicted octanol–water partition coefficient (Wildman–Crippen LogP) is -0.681. The largest absolute Gasteiger partial charge is 0.378 e. The van der Waals surface area contributed by atoms with Gasteiger partial charge in [-0.25, -0.2) is 0 Å². The number of amides is 1. The standard InChI is InChI=1S/C8H13N5O2/c1-9-8-10-6(11-12-8)7(14)13-2-4-15-5-3-13/h2-5H2,1H3,(H2,9,10,11,12). The van der Waals surface area contributed by atoms with Crippen LogP contribution in [0.2, 0.25) is 0 Å². The molecule has 2 heterocycles. The number of ether oxygens (including phenoxy) is 1. The molecule has 82 valence electrons. The summed E-state index contributed by atoms with van der Waals surface area (Å²) in [4.78, 5) is 17.5. The van der Waals surface area contributed by atoms with Crippen LogP contribution in [-0.2, 0) is 4.74 Å². The molecule has 0 aromatic carbocycles. The van der Waals surface area contributed by atoms with Gasteiger partial charge in [0, 0.05) is 20.1 Å². The Bertz CT molecular complexity index is 345. The molecular weight excluding hydrogens is 198 g/mol. The molecule has 0 radical (unpaired) electrons. The van der Waals surface area contributed by atoms with Crippen molar-refractivity contribution in [1.29, 1.82) is 0 Å². The SMILES string of the molecule is CNc1n[nH]c(C(=O)N2CCOCC2)n1. The number of aromatic nitrogens is 3. The summed E-state index contributed by atoms with van der Waals surface area (Å²) in [5.41, 5.74) is 0. The van der Waals surface area contributed by atoms with Gasteiger partial charge in [-0.15, -0.1) is 5.10 Å². The summed E-state index contributed by atoms with van der Waals surface area (Å²) in [7, 11) is 1.70. The second-order valence-corrected chi connectivity index (χ2v) is 3.16. The molecule has 2 N–H and O–H groups in total. The van der Waals surface area contributed by atoms with Crippen LogP contribution in [0, 0.1) is 0 Å². The van der Waals surface area contributed by atoms with Crippen molar-refractivity contribution in [2.24, 2.45) is 0 Å². The Hall–Kier alpha value is -1.63. The van der Waals surface area contributed by atoms with Gasteiger partial charge in [-0.1, -0.05) is 0 Å². The summed E-state index contributed by atoms with van der Waals surface area (Å²) < 4.78 is 5.16. The van der Waals surface area contributed by atoms with Crippen LogP contribution < -0.4 is 5.32 Å². The zero-order valence-corrected chi connectivity index (χ0v) is 8.49. The van der Waals surface area contributed by atoms with Gasteiger partial charge in [0.25, 0.3) is 5.91 Å². The molecule has 1 aliphatic rings. The maximum absolute atomic E-state index is 11.8. The van der Waals surface area contributed by atoms with E-state index in [2.05, 4.69) is 20.5 Å². The fourth-order valence-electron chi connectivity index (χ4n) is 1.39. The van der Waals surface area contributed by atoms with Crippen LogP contribution >= 0.6 is 0 Å². The number of anilines is 1. The molecule has 0 bridgehead atoms. The summed E-state index contributed by atoms with van der Waals surface area (Å²) in [6, 6.07) is 0. The van der Waals surface area contributed by atoms with E-state index in [4.69, 9.17) is 4.74 Å². The number of carbonyl (C=O) groups is 1. The first-order valence-corrected chi connectivity index (χ1v) is 4.78. The lowest BCUT2D eigenvalue weighted by molar-refractivity contribution is 0.0295. The van der Waals surface area contributed by atoms with Crippen molar-refractivity contribution in [3.8, 4) is 0 Å². The van der Waals surface area contributed by atoms with E-state index in [9.17, 15) is 4.79 Å². The van der Waals surface area contributed by atoms with Crippen LogP contribution in [0.25, 0.3) is 0 Å². The zero-order valence-electron chi connectivity index (χ0n) is 8.49. The van der Waals surface area contributed by atoms with Crippen molar-refractivity contribution in [2.45, 2.75) is 0 Å². The molecule has 1 aliphatic heterocycles. The highest BCUT2D eigenvalue weighted by molar-refractivity contribution is 5.90. The summed E-state index contributed by atoms with van der Waals surface area (Å²) in [5.74, 6) is 0.556. The molecule has 0 aliphatic carbocycles. The Morgan fingerprint density at radius 2 is 2.27 bits per heavy atom. The number of nitrogens with one attached hydrogen (secondary N) is 2. The molecule has 1 fully saturated rings. The van der Waals surface area contributed by atoms with Gasteiger partial charge in [-0.2, -0.15) is 4.98 Å². The Morgan fingerprint density at radius 1 is 1.53 bits per heavy atom. The highest BCUT2D eigenvalue weighted by atomic mass is 16.5. The zero-order chi connectivity index (χ0) is 10.7. The molecular formula is C8H13N5O2. The minimum atomic E-state index is -0.132. The van der Waals surface area contributed by atoms with Gasteiger partial charge in [0.05, 0.1) is 13.2 Å². The van der Waals surface area contributed by atoms with Crippen LogP contribution in [0.15, 0.2) is 0 Å². The Morgan fingerprint density at radius 3 is 2.87 bits per heavy atom. The van der Waals surface area contributed by atoms with Gasteiger partial charge in [0.2, 0.25) is 11.8 Å². The van der Waals surface area contributed by atoms with E-state index >= 15 is 0 Å².